The summed E-state index contributed by atoms with van der Waals surface area (Å²) in [5, 5.41) is 5.66. The lowest BCUT2D eigenvalue weighted by atomic mass is 9.94. The number of aromatic amines is 1. The number of nitrogens with one attached hydrogen (secondary N) is 3. The van der Waals surface area contributed by atoms with Crippen LogP contribution in [0.1, 0.15) is 56.8 Å². The van der Waals surface area contributed by atoms with Crippen LogP contribution in [0, 0.1) is 5.82 Å². The molecule has 0 spiro atoms. The first kappa shape index (κ1) is 29.2. The second-order valence-electron chi connectivity index (χ2n) is 11.2. The summed E-state index contributed by atoms with van der Waals surface area (Å²) in [6, 6.07) is 9.72. The van der Waals surface area contributed by atoms with Gasteiger partial charge in [0.05, 0.1) is 13.2 Å². The number of halogens is 1. The van der Waals surface area contributed by atoms with Gasteiger partial charge in [0.1, 0.15) is 23.2 Å². The molecular formula is C32H33FN4O7. The number of likely N-dealkylation sites (tertiary alicyclic amines) is 1. The molecule has 0 saturated carbocycles. The summed E-state index contributed by atoms with van der Waals surface area (Å²) in [6.07, 6.45) is 3.25. The number of carbonyl (C=O) groups is 3. The first-order chi connectivity index (χ1) is 21.3. The average molecular weight is 605 g/mol. The number of hydrogen-bond acceptors (Lipinski definition) is 7. The maximum absolute atomic E-state index is 14.6. The van der Waals surface area contributed by atoms with Gasteiger partial charge in [-0.1, -0.05) is 0 Å². The number of ether oxygens (including phenoxy) is 3. The third-order valence-corrected chi connectivity index (χ3v) is 8.21. The molecule has 2 aromatic carbocycles. The monoisotopic (exact) mass is 604 g/mol. The minimum absolute atomic E-state index is 0.0376. The van der Waals surface area contributed by atoms with E-state index in [-0.39, 0.29) is 48.9 Å². The zero-order chi connectivity index (χ0) is 30.8. The van der Waals surface area contributed by atoms with Gasteiger partial charge >= 0.3 is 0 Å². The predicted molar refractivity (Wildman–Crippen MR) is 157 cm³/mol. The number of aryl methyl sites for hydroxylation is 2. The highest BCUT2D eigenvalue weighted by Gasteiger charge is 2.36. The number of piperidine rings is 1. The Morgan fingerprint density at radius 1 is 1.07 bits per heavy atom. The van der Waals surface area contributed by atoms with Crippen LogP contribution in [0.4, 0.5) is 4.39 Å². The van der Waals surface area contributed by atoms with Crippen molar-refractivity contribution < 1.29 is 33.0 Å². The van der Waals surface area contributed by atoms with Gasteiger partial charge in [-0.05, 0) is 73.2 Å². The lowest BCUT2D eigenvalue weighted by Gasteiger charge is -2.39. The second kappa shape index (κ2) is 12.4. The Hall–Kier alpha value is -4.87. The number of pyridine rings is 1. The summed E-state index contributed by atoms with van der Waals surface area (Å²) in [5.41, 5.74) is 2.20. The van der Waals surface area contributed by atoms with E-state index in [1.807, 2.05) is 0 Å². The van der Waals surface area contributed by atoms with Gasteiger partial charge < -0.3 is 34.7 Å². The molecule has 3 heterocycles. The molecule has 11 nitrogen and oxygen atoms in total. The smallest absolute Gasteiger partial charge is 0.261 e. The zero-order valence-electron chi connectivity index (χ0n) is 24.2. The van der Waals surface area contributed by atoms with Crippen LogP contribution in [0.5, 0.6) is 17.2 Å². The molecule has 2 atom stereocenters. The van der Waals surface area contributed by atoms with Crippen molar-refractivity contribution >= 4 is 17.7 Å². The molecule has 1 saturated heterocycles. The SMILES string of the molecule is COc1ccc2cc1OCC(=O)NCc1cc(F)cc(c1)O[C@@H]1CCN(C(=O)c3cc4c([nH]c3=O)CCCC4)C[C@@H]1NC2=O. The molecular weight excluding hydrogens is 571 g/mol. The fourth-order valence-corrected chi connectivity index (χ4v) is 5.94. The summed E-state index contributed by atoms with van der Waals surface area (Å²) in [4.78, 5) is 57.0. The standard InChI is InChI=1S/C32H33FN4O7/c1-42-27-7-6-20-13-28(27)43-17-29(38)34-15-18-10-21(33)14-22(11-18)44-26-8-9-37(16-25(26)36-30(20)39)32(41)23-12-19-4-2-3-5-24(19)35-31(23)40/h6-7,10-14,25-26H,2-5,8-9,15-17H2,1H3,(H,34,38)(H,35,40)(H,36,39)/t25-,26+/m0/s1. The van der Waals surface area contributed by atoms with Crippen LogP contribution in [0.2, 0.25) is 0 Å². The van der Waals surface area contributed by atoms with Crippen molar-refractivity contribution in [2.24, 2.45) is 0 Å². The van der Waals surface area contributed by atoms with Crippen LogP contribution in [0.3, 0.4) is 0 Å². The number of hydrogen-bond donors (Lipinski definition) is 3. The van der Waals surface area contributed by atoms with E-state index in [1.165, 1.54) is 30.2 Å². The van der Waals surface area contributed by atoms with Crippen LogP contribution in [-0.4, -0.2) is 66.6 Å². The van der Waals surface area contributed by atoms with Gasteiger partial charge in [-0.15, -0.1) is 0 Å². The highest BCUT2D eigenvalue weighted by Crippen LogP contribution is 2.29. The molecule has 2 aliphatic heterocycles. The first-order valence-corrected chi connectivity index (χ1v) is 14.7. The Morgan fingerprint density at radius 2 is 1.91 bits per heavy atom. The quantitative estimate of drug-likeness (QED) is 0.409. The molecule has 230 valence electrons. The Kier molecular flexibility index (Phi) is 8.23. The van der Waals surface area contributed by atoms with E-state index in [0.717, 1.165) is 36.9 Å². The molecule has 3 aromatic rings. The summed E-state index contributed by atoms with van der Waals surface area (Å²) < 4.78 is 31.8. The lowest BCUT2D eigenvalue weighted by Crippen LogP contribution is -2.58. The molecule has 3 amide bonds. The Morgan fingerprint density at radius 3 is 2.75 bits per heavy atom. The Bertz CT molecular complexity index is 1670. The number of methoxy groups -OCH3 is 1. The maximum atomic E-state index is 14.6. The second-order valence-corrected chi connectivity index (χ2v) is 11.2. The number of amides is 3. The van der Waals surface area contributed by atoms with Crippen molar-refractivity contribution in [3.63, 3.8) is 0 Å². The topological polar surface area (TPSA) is 139 Å². The van der Waals surface area contributed by atoms with E-state index in [4.69, 9.17) is 14.2 Å². The summed E-state index contributed by atoms with van der Waals surface area (Å²) in [6.45, 7) is -0.00567. The molecule has 44 heavy (non-hydrogen) atoms. The molecule has 4 bridgehead atoms. The lowest BCUT2D eigenvalue weighted by molar-refractivity contribution is -0.123. The number of benzene rings is 2. The van der Waals surface area contributed by atoms with Crippen LogP contribution in [0.15, 0.2) is 47.3 Å². The van der Waals surface area contributed by atoms with E-state index in [9.17, 15) is 23.6 Å². The highest BCUT2D eigenvalue weighted by molar-refractivity contribution is 5.96. The first-order valence-electron chi connectivity index (χ1n) is 14.7. The molecule has 12 heteroatoms. The number of nitrogens with zero attached hydrogens (tertiary/aromatic N) is 1. The van der Waals surface area contributed by atoms with Gasteiger partial charge in [0, 0.05) is 43.4 Å². The highest BCUT2D eigenvalue weighted by atomic mass is 19.1. The van der Waals surface area contributed by atoms with Gasteiger partial charge in [0.2, 0.25) is 0 Å². The third-order valence-electron chi connectivity index (χ3n) is 8.21. The summed E-state index contributed by atoms with van der Waals surface area (Å²) in [7, 11) is 1.44. The summed E-state index contributed by atoms with van der Waals surface area (Å²) in [5.74, 6) is -1.16. The van der Waals surface area contributed by atoms with Crippen molar-refractivity contribution in [1.82, 2.24) is 20.5 Å². The minimum Gasteiger partial charge on any atom is -0.493 e. The fraction of sp³-hybridized carbons (Fsp3) is 0.375. The van der Waals surface area contributed by atoms with Crippen LogP contribution in [0.25, 0.3) is 0 Å². The molecule has 0 radical (unpaired) electrons. The minimum atomic E-state index is -0.706. The normalized spacial score (nSPS) is 20.2. The van der Waals surface area contributed by atoms with E-state index in [0.29, 0.717) is 17.7 Å². The Balaban J connectivity index is 1.31. The number of rotatable bonds is 2. The van der Waals surface area contributed by atoms with Gasteiger partial charge in [-0.25, -0.2) is 4.39 Å². The zero-order valence-corrected chi connectivity index (χ0v) is 24.2. The third kappa shape index (κ3) is 6.24. The molecule has 3 N–H and O–H groups in total. The van der Waals surface area contributed by atoms with E-state index in [1.54, 1.807) is 24.3 Å². The molecule has 3 aliphatic rings. The number of H-pyrrole nitrogens is 1. The van der Waals surface area contributed by atoms with Crippen LogP contribution < -0.4 is 30.4 Å². The fourth-order valence-electron chi connectivity index (χ4n) is 5.94. The van der Waals surface area contributed by atoms with E-state index < -0.39 is 41.2 Å². The van der Waals surface area contributed by atoms with Gasteiger partial charge in [-0.3, -0.25) is 19.2 Å². The number of fused-ring (bicyclic) bond motifs is 6. The van der Waals surface area contributed by atoms with Crippen molar-refractivity contribution in [2.45, 2.75) is 50.8 Å². The van der Waals surface area contributed by atoms with Crippen molar-refractivity contribution in [3.05, 3.63) is 86.6 Å². The molecule has 1 fully saturated rings. The Labute approximate surface area is 252 Å². The molecule has 0 unspecified atom stereocenters. The maximum Gasteiger partial charge on any atom is 0.261 e. The summed E-state index contributed by atoms with van der Waals surface area (Å²) >= 11 is 0. The largest absolute Gasteiger partial charge is 0.493 e. The number of carbonyl (C=O) groups excluding carboxylic acids is 3. The van der Waals surface area contributed by atoms with Crippen LogP contribution in [-0.2, 0) is 24.2 Å². The van der Waals surface area contributed by atoms with Crippen LogP contribution >= 0.6 is 0 Å². The molecule has 1 aromatic heterocycles. The number of aromatic nitrogens is 1. The van der Waals surface area contributed by atoms with E-state index >= 15 is 0 Å². The van der Waals surface area contributed by atoms with Crippen molar-refractivity contribution in [1.29, 1.82) is 0 Å². The van der Waals surface area contributed by atoms with E-state index in [2.05, 4.69) is 15.6 Å². The molecule has 1 aliphatic carbocycles. The van der Waals surface area contributed by atoms with Crippen molar-refractivity contribution in [2.75, 3.05) is 26.8 Å². The van der Waals surface area contributed by atoms with Gasteiger partial charge in [0.15, 0.2) is 18.1 Å². The molecule has 6 rings (SSSR count). The average Bonchev–Trinajstić information content (AvgIpc) is 3.02. The predicted octanol–water partition coefficient (Wildman–Crippen LogP) is 2.50. The van der Waals surface area contributed by atoms with Crippen molar-refractivity contribution in [3.8, 4) is 17.2 Å². The van der Waals surface area contributed by atoms with Gasteiger partial charge in [-0.2, -0.15) is 0 Å². The van der Waals surface area contributed by atoms with Gasteiger partial charge in [0.25, 0.3) is 23.3 Å².